The van der Waals surface area contributed by atoms with Crippen LogP contribution in [0, 0.1) is 0 Å². The minimum Gasteiger partial charge on any atom is -0.493 e. The van der Waals surface area contributed by atoms with E-state index in [1.54, 1.807) is 13.2 Å². The molecule has 3 aromatic rings. The Bertz CT molecular complexity index is 963. The highest BCUT2D eigenvalue weighted by molar-refractivity contribution is 5.91. The molecule has 140 valence electrons. The second kappa shape index (κ2) is 8.35. The van der Waals surface area contributed by atoms with Crippen molar-refractivity contribution in [2.45, 2.75) is 26.5 Å². The van der Waals surface area contributed by atoms with Crippen molar-refractivity contribution < 1.29 is 14.3 Å². The van der Waals surface area contributed by atoms with Crippen LogP contribution in [0.25, 0.3) is 11.7 Å². The highest BCUT2D eigenvalue weighted by Gasteiger charge is 2.08. The van der Waals surface area contributed by atoms with Crippen LogP contribution in [0.3, 0.4) is 0 Å². The molecule has 3 rings (SSSR count). The molecule has 0 fully saturated rings. The van der Waals surface area contributed by atoms with E-state index in [4.69, 9.17) is 9.47 Å². The smallest absolute Gasteiger partial charge is 0.244 e. The number of benzene rings is 1. The van der Waals surface area contributed by atoms with Crippen molar-refractivity contribution in [3.63, 3.8) is 0 Å². The van der Waals surface area contributed by atoms with Crippen LogP contribution in [0.5, 0.6) is 11.5 Å². The zero-order valence-corrected chi connectivity index (χ0v) is 15.5. The summed E-state index contributed by atoms with van der Waals surface area (Å²) in [5.74, 6) is 1.75. The maximum absolute atomic E-state index is 12.1. The topological polar surface area (TPSA) is 77.8 Å². The number of aromatic nitrogens is 3. The van der Waals surface area contributed by atoms with Crippen molar-refractivity contribution in [2.24, 2.45) is 0 Å². The molecule has 0 saturated carbocycles. The number of ether oxygens (including phenoxy) is 2. The van der Waals surface area contributed by atoms with E-state index in [9.17, 15) is 4.79 Å². The lowest BCUT2D eigenvalue weighted by molar-refractivity contribution is -0.116. The summed E-state index contributed by atoms with van der Waals surface area (Å²) in [5, 5.41) is 10.9. The number of fused-ring (bicyclic) bond motifs is 1. The normalized spacial score (nSPS) is 11.3. The van der Waals surface area contributed by atoms with Crippen LogP contribution >= 0.6 is 0 Å². The zero-order valence-electron chi connectivity index (χ0n) is 15.5. The molecule has 1 amide bonds. The molecule has 2 heterocycles. The molecular weight excluding hydrogens is 344 g/mol. The second-order valence-corrected chi connectivity index (χ2v) is 6.17. The first-order chi connectivity index (χ1) is 13.1. The number of rotatable bonds is 7. The summed E-state index contributed by atoms with van der Waals surface area (Å²) in [6.45, 7) is 4.20. The molecule has 1 N–H and O–H groups in total. The lowest BCUT2D eigenvalue weighted by Gasteiger charge is -2.13. The Morgan fingerprint density at radius 3 is 2.85 bits per heavy atom. The highest BCUT2D eigenvalue weighted by Crippen LogP contribution is 2.29. The molecule has 2 aromatic heterocycles. The van der Waals surface area contributed by atoms with Gasteiger partial charge in [-0.2, -0.15) is 0 Å². The lowest BCUT2D eigenvalue weighted by atomic mass is 10.2. The van der Waals surface area contributed by atoms with Gasteiger partial charge < -0.3 is 14.8 Å². The molecule has 27 heavy (non-hydrogen) atoms. The van der Waals surface area contributed by atoms with Crippen molar-refractivity contribution >= 4 is 17.6 Å². The van der Waals surface area contributed by atoms with Crippen LogP contribution in [0.4, 0.5) is 0 Å². The Labute approximate surface area is 157 Å². The van der Waals surface area contributed by atoms with E-state index in [1.807, 2.05) is 60.8 Å². The summed E-state index contributed by atoms with van der Waals surface area (Å²) in [5.41, 5.74) is 1.58. The van der Waals surface area contributed by atoms with Gasteiger partial charge >= 0.3 is 0 Å². The van der Waals surface area contributed by atoms with Gasteiger partial charge in [0.2, 0.25) is 5.91 Å². The standard InChI is InChI=1S/C20H22N4O3/c1-14(2)27-16-9-7-15(12-17(16)26-3)8-10-20(25)21-13-19-23-22-18-6-4-5-11-24(18)19/h4-12,14H,13H2,1-3H3,(H,21,25)/b10-8+. The molecule has 7 heteroatoms. The first-order valence-electron chi connectivity index (χ1n) is 8.66. The van der Waals surface area contributed by atoms with Crippen molar-refractivity contribution in [3.05, 3.63) is 60.1 Å². The number of hydrogen-bond donors (Lipinski definition) is 1. The van der Waals surface area contributed by atoms with Gasteiger partial charge in [-0.05, 0) is 49.8 Å². The number of hydrogen-bond acceptors (Lipinski definition) is 5. The van der Waals surface area contributed by atoms with Gasteiger partial charge in [-0.1, -0.05) is 12.1 Å². The third kappa shape index (κ3) is 4.63. The largest absolute Gasteiger partial charge is 0.493 e. The SMILES string of the molecule is COc1cc(/C=C/C(=O)NCc2nnc3ccccn23)ccc1OC(C)C. The van der Waals surface area contributed by atoms with Gasteiger partial charge in [-0.25, -0.2) is 0 Å². The van der Waals surface area contributed by atoms with Crippen molar-refractivity contribution in [3.8, 4) is 11.5 Å². The van der Waals surface area contributed by atoms with Gasteiger partial charge in [-0.15, -0.1) is 10.2 Å². The first kappa shape index (κ1) is 18.4. The van der Waals surface area contributed by atoms with Crippen LogP contribution in [-0.2, 0) is 11.3 Å². The van der Waals surface area contributed by atoms with Crippen molar-refractivity contribution in [2.75, 3.05) is 7.11 Å². The number of methoxy groups -OCH3 is 1. The fourth-order valence-corrected chi connectivity index (χ4v) is 2.55. The van der Waals surface area contributed by atoms with Gasteiger partial charge in [0, 0.05) is 12.3 Å². The average Bonchev–Trinajstić information content (AvgIpc) is 3.08. The lowest BCUT2D eigenvalue weighted by Crippen LogP contribution is -2.21. The molecule has 1 aromatic carbocycles. The van der Waals surface area contributed by atoms with Gasteiger partial charge in [0.25, 0.3) is 0 Å². The second-order valence-electron chi connectivity index (χ2n) is 6.17. The summed E-state index contributed by atoms with van der Waals surface area (Å²) in [4.78, 5) is 12.1. The van der Waals surface area contributed by atoms with Crippen LogP contribution in [-0.4, -0.2) is 33.7 Å². The molecule has 7 nitrogen and oxygen atoms in total. The van der Waals surface area contributed by atoms with Gasteiger partial charge in [0.05, 0.1) is 19.8 Å². The molecular formula is C20H22N4O3. The van der Waals surface area contributed by atoms with Gasteiger partial charge in [-0.3, -0.25) is 9.20 Å². The third-order valence-electron chi connectivity index (χ3n) is 3.78. The van der Waals surface area contributed by atoms with Crippen LogP contribution in [0.15, 0.2) is 48.7 Å². The number of carbonyl (C=O) groups excluding carboxylic acids is 1. The summed E-state index contributed by atoms with van der Waals surface area (Å²) in [6.07, 6.45) is 5.11. The van der Waals surface area contributed by atoms with E-state index in [0.29, 0.717) is 23.9 Å². The van der Waals surface area contributed by atoms with E-state index in [0.717, 1.165) is 11.2 Å². The maximum atomic E-state index is 12.1. The van der Waals surface area contributed by atoms with E-state index >= 15 is 0 Å². The molecule has 0 aliphatic heterocycles. The summed E-state index contributed by atoms with van der Waals surface area (Å²) in [7, 11) is 1.59. The fraction of sp³-hybridized carbons (Fsp3) is 0.250. The summed E-state index contributed by atoms with van der Waals surface area (Å²) in [6, 6.07) is 11.2. The minimum absolute atomic E-state index is 0.0549. The minimum atomic E-state index is -0.218. The quantitative estimate of drug-likeness (QED) is 0.651. The molecule has 0 atom stereocenters. The van der Waals surface area contributed by atoms with Crippen molar-refractivity contribution in [1.29, 1.82) is 0 Å². The van der Waals surface area contributed by atoms with Crippen LogP contribution < -0.4 is 14.8 Å². The van der Waals surface area contributed by atoms with Gasteiger partial charge in [0.15, 0.2) is 23.0 Å². The number of pyridine rings is 1. The van der Waals surface area contributed by atoms with E-state index < -0.39 is 0 Å². The van der Waals surface area contributed by atoms with Gasteiger partial charge in [0.1, 0.15) is 0 Å². The Morgan fingerprint density at radius 1 is 1.22 bits per heavy atom. The van der Waals surface area contributed by atoms with Crippen molar-refractivity contribution in [1.82, 2.24) is 19.9 Å². The predicted molar refractivity (Wildman–Crippen MR) is 103 cm³/mol. The van der Waals surface area contributed by atoms with E-state index in [2.05, 4.69) is 15.5 Å². The summed E-state index contributed by atoms with van der Waals surface area (Å²) < 4.78 is 12.9. The number of nitrogens with zero attached hydrogens (tertiary/aromatic N) is 3. The molecule has 0 bridgehead atoms. The molecule has 0 unspecified atom stereocenters. The maximum Gasteiger partial charge on any atom is 0.244 e. The molecule has 0 aliphatic rings. The fourth-order valence-electron chi connectivity index (χ4n) is 2.55. The first-order valence-corrected chi connectivity index (χ1v) is 8.66. The van der Waals surface area contributed by atoms with Crippen LogP contribution in [0.2, 0.25) is 0 Å². The Hall–Kier alpha value is -3.35. The highest BCUT2D eigenvalue weighted by atomic mass is 16.5. The van der Waals surface area contributed by atoms with E-state index in [1.165, 1.54) is 6.08 Å². The predicted octanol–water partition coefficient (Wildman–Crippen LogP) is 2.85. The number of amides is 1. The molecule has 0 saturated heterocycles. The number of carbonyl (C=O) groups is 1. The Balaban J connectivity index is 1.62. The Morgan fingerprint density at radius 2 is 2.07 bits per heavy atom. The number of nitrogens with one attached hydrogen (secondary N) is 1. The summed E-state index contributed by atoms with van der Waals surface area (Å²) >= 11 is 0. The zero-order chi connectivity index (χ0) is 19.2. The van der Waals surface area contributed by atoms with Crippen LogP contribution in [0.1, 0.15) is 25.2 Å². The monoisotopic (exact) mass is 366 g/mol. The average molecular weight is 366 g/mol. The Kier molecular flexibility index (Phi) is 5.71. The van der Waals surface area contributed by atoms with E-state index in [-0.39, 0.29) is 12.0 Å². The molecule has 0 radical (unpaired) electrons. The molecule has 0 aliphatic carbocycles. The third-order valence-corrected chi connectivity index (χ3v) is 3.78. The molecule has 0 spiro atoms.